The van der Waals surface area contributed by atoms with E-state index in [0.29, 0.717) is 0 Å². The molecule has 10 heavy (non-hydrogen) atoms. The second-order valence-corrected chi connectivity index (χ2v) is 3.19. The highest BCUT2D eigenvalue weighted by molar-refractivity contribution is 4.68. The third-order valence-electron chi connectivity index (χ3n) is 2.32. The number of piperidine rings is 1. The second kappa shape index (κ2) is 4.73. The molecule has 1 radical (unpaired) electrons. The molecule has 0 aliphatic carbocycles. The van der Waals surface area contributed by atoms with Crippen molar-refractivity contribution in [2.45, 2.75) is 32.1 Å². The summed E-state index contributed by atoms with van der Waals surface area (Å²) in [5, 5.41) is 3.38. The SMILES string of the molecule is [CH2]CCCC1CCNCC1. The van der Waals surface area contributed by atoms with E-state index in [1.807, 2.05) is 0 Å². The van der Waals surface area contributed by atoms with Crippen LogP contribution in [0.3, 0.4) is 0 Å². The highest BCUT2D eigenvalue weighted by Gasteiger charge is 2.11. The van der Waals surface area contributed by atoms with Crippen molar-refractivity contribution in [3.63, 3.8) is 0 Å². The molecule has 1 fully saturated rings. The molecule has 0 atom stereocenters. The normalized spacial score (nSPS) is 21.3. The van der Waals surface area contributed by atoms with Gasteiger partial charge < -0.3 is 5.32 Å². The first-order chi connectivity index (χ1) is 4.93. The second-order valence-electron chi connectivity index (χ2n) is 3.19. The van der Waals surface area contributed by atoms with Crippen LogP contribution in [0, 0.1) is 12.8 Å². The molecule has 59 valence electrons. The van der Waals surface area contributed by atoms with E-state index in [0.717, 1.165) is 12.3 Å². The summed E-state index contributed by atoms with van der Waals surface area (Å²) in [4.78, 5) is 0. The van der Waals surface area contributed by atoms with Crippen LogP contribution in [0.5, 0.6) is 0 Å². The van der Waals surface area contributed by atoms with E-state index >= 15 is 0 Å². The van der Waals surface area contributed by atoms with Crippen LogP contribution in [0.4, 0.5) is 0 Å². The zero-order chi connectivity index (χ0) is 7.23. The highest BCUT2D eigenvalue weighted by Crippen LogP contribution is 2.17. The molecule has 1 saturated heterocycles. The van der Waals surface area contributed by atoms with Crippen molar-refractivity contribution in [2.24, 2.45) is 5.92 Å². The Kier molecular flexibility index (Phi) is 3.81. The van der Waals surface area contributed by atoms with Gasteiger partial charge >= 0.3 is 0 Å². The maximum atomic E-state index is 3.85. The van der Waals surface area contributed by atoms with E-state index in [-0.39, 0.29) is 0 Å². The maximum absolute atomic E-state index is 3.85. The third-order valence-corrected chi connectivity index (χ3v) is 2.32. The van der Waals surface area contributed by atoms with Gasteiger partial charge in [-0.15, -0.1) is 0 Å². The van der Waals surface area contributed by atoms with Crippen molar-refractivity contribution >= 4 is 0 Å². The zero-order valence-corrected chi connectivity index (χ0v) is 6.73. The Hall–Kier alpha value is -0.0400. The van der Waals surface area contributed by atoms with Crippen LogP contribution in [0.25, 0.3) is 0 Å². The fourth-order valence-electron chi connectivity index (χ4n) is 1.60. The molecular formula is C9H18N. The Morgan fingerprint density at radius 3 is 2.60 bits per heavy atom. The summed E-state index contributed by atoms with van der Waals surface area (Å²) in [5.41, 5.74) is 0. The molecule has 1 rings (SSSR count). The lowest BCUT2D eigenvalue weighted by Crippen LogP contribution is -2.27. The van der Waals surface area contributed by atoms with E-state index in [4.69, 9.17) is 0 Å². The lowest BCUT2D eigenvalue weighted by atomic mass is 9.93. The average Bonchev–Trinajstić information content (AvgIpc) is 2.03. The Balaban J connectivity index is 2.02. The van der Waals surface area contributed by atoms with Gasteiger partial charge in [0.15, 0.2) is 0 Å². The van der Waals surface area contributed by atoms with Crippen molar-refractivity contribution in [3.8, 4) is 0 Å². The van der Waals surface area contributed by atoms with E-state index in [1.54, 1.807) is 0 Å². The number of unbranched alkanes of at least 4 members (excludes halogenated alkanes) is 1. The third kappa shape index (κ3) is 2.70. The minimum atomic E-state index is 1.00. The molecule has 1 N–H and O–H groups in total. The van der Waals surface area contributed by atoms with Crippen molar-refractivity contribution in [1.29, 1.82) is 0 Å². The molecule has 0 aromatic rings. The van der Waals surface area contributed by atoms with Gasteiger partial charge in [0, 0.05) is 0 Å². The van der Waals surface area contributed by atoms with Crippen molar-refractivity contribution in [1.82, 2.24) is 5.32 Å². The van der Waals surface area contributed by atoms with Crippen LogP contribution in [-0.4, -0.2) is 13.1 Å². The molecule has 1 aliphatic rings. The summed E-state index contributed by atoms with van der Waals surface area (Å²) in [6, 6.07) is 0. The van der Waals surface area contributed by atoms with Gasteiger partial charge in [-0.2, -0.15) is 0 Å². The minimum absolute atomic E-state index is 1.00. The molecule has 0 amide bonds. The molecule has 0 spiro atoms. The van der Waals surface area contributed by atoms with E-state index in [2.05, 4.69) is 12.2 Å². The van der Waals surface area contributed by atoms with Crippen LogP contribution in [-0.2, 0) is 0 Å². The van der Waals surface area contributed by atoms with Crippen LogP contribution in [0.15, 0.2) is 0 Å². The predicted molar refractivity (Wildman–Crippen MR) is 44.8 cm³/mol. The largest absolute Gasteiger partial charge is 0.317 e. The Morgan fingerprint density at radius 2 is 2.00 bits per heavy atom. The first-order valence-corrected chi connectivity index (χ1v) is 4.43. The van der Waals surface area contributed by atoms with Crippen molar-refractivity contribution in [2.75, 3.05) is 13.1 Å². The number of rotatable bonds is 3. The minimum Gasteiger partial charge on any atom is -0.317 e. The van der Waals surface area contributed by atoms with Crippen LogP contribution >= 0.6 is 0 Å². The fraction of sp³-hybridized carbons (Fsp3) is 0.889. The first kappa shape index (κ1) is 8.06. The molecule has 1 heterocycles. The molecule has 1 heteroatoms. The van der Waals surface area contributed by atoms with Gasteiger partial charge in [-0.1, -0.05) is 26.2 Å². The number of hydrogen-bond acceptors (Lipinski definition) is 1. The molecule has 1 aliphatic heterocycles. The van der Waals surface area contributed by atoms with E-state index < -0.39 is 0 Å². The zero-order valence-electron chi connectivity index (χ0n) is 6.73. The van der Waals surface area contributed by atoms with Crippen LogP contribution in [0.1, 0.15) is 32.1 Å². The average molecular weight is 140 g/mol. The molecule has 0 saturated carbocycles. The van der Waals surface area contributed by atoms with Crippen LogP contribution in [0.2, 0.25) is 0 Å². The Labute approximate surface area is 64.2 Å². The summed E-state index contributed by atoms with van der Waals surface area (Å²) in [6.45, 7) is 6.33. The summed E-state index contributed by atoms with van der Waals surface area (Å²) >= 11 is 0. The number of nitrogens with one attached hydrogen (secondary N) is 1. The molecular weight excluding hydrogens is 122 g/mol. The quantitative estimate of drug-likeness (QED) is 0.632. The van der Waals surface area contributed by atoms with Gasteiger partial charge in [-0.25, -0.2) is 0 Å². The highest BCUT2D eigenvalue weighted by atomic mass is 14.9. The van der Waals surface area contributed by atoms with Crippen molar-refractivity contribution < 1.29 is 0 Å². The standard InChI is InChI=1S/C9H18N/c1-2-3-4-9-5-7-10-8-6-9/h9-10H,1-8H2. The molecule has 1 nitrogen and oxygen atoms in total. The van der Waals surface area contributed by atoms with Gasteiger partial charge in [0.1, 0.15) is 0 Å². The van der Waals surface area contributed by atoms with Crippen molar-refractivity contribution in [3.05, 3.63) is 6.92 Å². The topological polar surface area (TPSA) is 12.0 Å². The molecule has 0 unspecified atom stereocenters. The van der Waals surface area contributed by atoms with Gasteiger partial charge in [0.25, 0.3) is 0 Å². The summed E-state index contributed by atoms with van der Waals surface area (Å²) < 4.78 is 0. The fourth-order valence-corrected chi connectivity index (χ4v) is 1.60. The molecule has 0 aromatic carbocycles. The molecule has 0 bridgehead atoms. The smallest absolute Gasteiger partial charge is 0.00463 e. The molecule has 0 aromatic heterocycles. The lowest BCUT2D eigenvalue weighted by Gasteiger charge is -2.21. The predicted octanol–water partition coefficient (Wildman–Crippen LogP) is 1.99. The van der Waals surface area contributed by atoms with Gasteiger partial charge in [-0.05, 0) is 31.8 Å². The summed E-state index contributed by atoms with van der Waals surface area (Å²) in [5.74, 6) is 1.00. The summed E-state index contributed by atoms with van der Waals surface area (Å²) in [7, 11) is 0. The lowest BCUT2D eigenvalue weighted by molar-refractivity contribution is 0.348. The van der Waals surface area contributed by atoms with Crippen LogP contribution < -0.4 is 5.32 Å². The summed E-state index contributed by atoms with van der Waals surface area (Å²) in [6.07, 6.45) is 6.62. The van der Waals surface area contributed by atoms with E-state index in [9.17, 15) is 0 Å². The van der Waals surface area contributed by atoms with E-state index in [1.165, 1.54) is 38.8 Å². The maximum Gasteiger partial charge on any atom is -0.00463 e. The van der Waals surface area contributed by atoms with Gasteiger partial charge in [0.05, 0.1) is 0 Å². The number of hydrogen-bond donors (Lipinski definition) is 1. The Bertz CT molecular complexity index is 74.8. The first-order valence-electron chi connectivity index (χ1n) is 4.43. The van der Waals surface area contributed by atoms with Gasteiger partial charge in [-0.3, -0.25) is 0 Å². The van der Waals surface area contributed by atoms with Gasteiger partial charge in [0.2, 0.25) is 0 Å². The Morgan fingerprint density at radius 1 is 1.30 bits per heavy atom. The monoisotopic (exact) mass is 140 g/mol.